The van der Waals surface area contributed by atoms with Gasteiger partial charge in [-0.05, 0) is 19.8 Å². The summed E-state index contributed by atoms with van der Waals surface area (Å²) in [5.74, 6) is 1.06. The first-order valence-electron chi connectivity index (χ1n) is 11.1. The molecule has 4 N–H and O–H groups in total. The Labute approximate surface area is 184 Å². The lowest BCUT2D eigenvalue weighted by Crippen LogP contribution is -2.40. The Kier molecular flexibility index (Phi) is 12.5. The molecule has 3 amide bonds. The number of amides is 3. The van der Waals surface area contributed by atoms with Crippen molar-refractivity contribution >= 4 is 23.7 Å². The Hall–Kier alpha value is -1.07. The van der Waals surface area contributed by atoms with Crippen LogP contribution in [0.3, 0.4) is 0 Å². The molecule has 174 valence electrons. The van der Waals surface area contributed by atoms with E-state index in [9.17, 15) is 9.59 Å². The molecule has 9 nitrogen and oxygen atoms in total. The van der Waals surface area contributed by atoms with Crippen LogP contribution in [0.5, 0.6) is 0 Å². The maximum absolute atomic E-state index is 12.0. The third kappa shape index (κ3) is 8.58. The van der Waals surface area contributed by atoms with Crippen LogP contribution < -0.4 is 16.4 Å². The number of carbonyl (C=O) groups excluding carboxylic acids is 2. The first-order valence-corrected chi connectivity index (χ1v) is 12.1. The summed E-state index contributed by atoms with van der Waals surface area (Å²) in [5.41, 5.74) is 5.32. The van der Waals surface area contributed by atoms with E-state index in [0.717, 1.165) is 31.6 Å². The monoisotopic (exact) mass is 446 g/mol. The average molecular weight is 447 g/mol. The first-order chi connectivity index (χ1) is 14.7. The van der Waals surface area contributed by atoms with E-state index in [2.05, 4.69) is 10.6 Å². The van der Waals surface area contributed by atoms with Crippen molar-refractivity contribution in [3.05, 3.63) is 0 Å². The third-order valence-corrected chi connectivity index (χ3v) is 6.76. The molecule has 0 radical (unpaired) electrons. The SMILES string of the molecule is CCN1C(=O)N[C@H]2CS[C@@H](CCCCC(=O)NCCOCCOCCOCCN)[C@H]21. The van der Waals surface area contributed by atoms with Crippen LogP contribution in [0.2, 0.25) is 0 Å². The second-order valence-electron chi connectivity index (χ2n) is 7.43. The Balaban J connectivity index is 1.41. The molecule has 10 heteroatoms. The van der Waals surface area contributed by atoms with E-state index in [4.69, 9.17) is 19.9 Å². The van der Waals surface area contributed by atoms with E-state index in [1.165, 1.54) is 0 Å². The van der Waals surface area contributed by atoms with E-state index >= 15 is 0 Å². The van der Waals surface area contributed by atoms with Gasteiger partial charge in [0.15, 0.2) is 0 Å². The number of rotatable bonds is 17. The fourth-order valence-corrected chi connectivity index (χ4v) is 5.42. The standard InChI is InChI=1S/C20H38N4O5S/c1-2-24-19-16(23-20(24)26)15-30-17(19)5-3-4-6-18(25)22-8-10-28-12-14-29-13-11-27-9-7-21/h16-17,19H,2-15,21H2,1H3,(H,22,25)(H,23,26)/t16-,17-,19-/m0/s1. The van der Waals surface area contributed by atoms with Crippen LogP contribution in [-0.2, 0) is 19.0 Å². The van der Waals surface area contributed by atoms with Gasteiger partial charge in [0.05, 0.1) is 51.7 Å². The maximum atomic E-state index is 12.0. The fraction of sp³-hybridized carbons (Fsp3) is 0.900. The smallest absolute Gasteiger partial charge is 0.318 e. The summed E-state index contributed by atoms with van der Waals surface area (Å²) >= 11 is 1.95. The number of nitrogens with two attached hydrogens (primary N) is 1. The zero-order valence-electron chi connectivity index (χ0n) is 18.1. The Bertz CT molecular complexity index is 514. The molecule has 0 spiro atoms. The number of nitrogens with one attached hydrogen (secondary N) is 2. The summed E-state index contributed by atoms with van der Waals surface area (Å²) < 4.78 is 16.0. The number of thioether (sulfide) groups is 1. The summed E-state index contributed by atoms with van der Waals surface area (Å²) in [6, 6.07) is 0.661. The Morgan fingerprint density at radius 1 is 1.17 bits per heavy atom. The normalized spacial score (nSPS) is 22.9. The number of urea groups is 1. The van der Waals surface area contributed by atoms with Gasteiger partial charge in [-0.15, -0.1) is 0 Å². The highest BCUT2D eigenvalue weighted by atomic mass is 32.2. The minimum atomic E-state index is 0.0664. The average Bonchev–Trinajstić information content (AvgIpc) is 3.27. The van der Waals surface area contributed by atoms with E-state index in [-0.39, 0.29) is 18.0 Å². The number of unbranched alkanes of at least 4 members (excludes halogenated alkanes) is 1. The summed E-state index contributed by atoms with van der Waals surface area (Å²) in [6.07, 6.45) is 3.45. The van der Waals surface area contributed by atoms with Gasteiger partial charge < -0.3 is 35.5 Å². The number of fused-ring (bicyclic) bond motifs is 1. The molecule has 0 aliphatic carbocycles. The molecule has 2 aliphatic heterocycles. The molecule has 0 unspecified atom stereocenters. The van der Waals surface area contributed by atoms with Crippen LogP contribution in [0.4, 0.5) is 4.79 Å². The van der Waals surface area contributed by atoms with Crippen molar-refractivity contribution in [3.63, 3.8) is 0 Å². The lowest BCUT2D eigenvalue weighted by Gasteiger charge is -2.26. The van der Waals surface area contributed by atoms with Crippen LogP contribution in [0, 0.1) is 0 Å². The second-order valence-corrected chi connectivity index (χ2v) is 8.70. The summed E-state index contributed by atoms with van der Waals surface area (Å²) in [5, 5.41) is 6.45. The van der Waals surface area contributed by atoms with Gasteiger partial charge in [-0.3, -0.25) is 4.79 Å². The topological polar surface area (TPSA) is 115 Å². The number of hydrogen-bond acceptors (Lipinski definition) is 7. The summed E-state index contributed by atoms with van der Waals surface area (Å²) in [6.45, 7) is 6.94. The molecule has 2 fully saturated rings. The van der Waals surface area contributed by atoms with Gasteiger partial charge in [0.25, 0.3) is 0 Å². The van der Waals surface area contributed by atoms with E-state index < -0.39 is 0 Å². The molecule has 0 bridgehead atoms. The molecule has 0 aromatic rings. The van der Waals surface area contributed by atoms with Crippen LogP contribution in [0.15, 0.2) is 0 Å². The van der Waals surface area contributed by atoms with Crippen molar-refractivity contribution in [2.45, 2.75) is 49.9 Å². The number of ether oxygens (including phenoxy) is 3. The Morgan fingerprint density at radius 2 is 1.87 bits per heavy atom. The largest absolute Gasteiger partial charge is 0.378 e. The van der Waals surface area contributed by atoms with Gasteiger partial charge >= 0.3 is 6.03 Å². The van der Waals surface area contributed by atoms with Crippen LogP contribution >= 0.6 is 11.8 Å². The molecule has 0 aromatic carbocycles. The molecule has 2 aliphatic rings. The number of hydrogen-bond donors (Lipinski definition) is 3. The number of carbonyl (C=O) groups is 2. The number of likely N-dealkylation sites (N-methyl/N-ethyl adjacent to an activating group) is 1. The van der Waals surface area contributed by atoms with Crippen LogP contribution in [0.1, 0.15) is 32.6 Å². The fourth-order valence-electron chi connectivity index (χ4n) is 3.82. The highest BCUT2D eigenvalue weighted by Gasteiger charge is 2.47. The minimum absolute atomic E-state index is 0.0664. The van der Waals surface area contributed by atoms with E-state index in [0.29, 0.717) is 70.4 Å². The van der Waals surface area contributed by atoms with E-state index in [1.54, 1.807) is 0 Å². The van der Waals surface area contributed by atoms with Crippen molar-refractivity contribution < 1.29 is 23.8 Å². The molecule has 30 heavy (non-hydrogen) atoms. The van der Waals surface area contributed by atoms with Crippen molar-refractivity contribution in [3.8, 4) is 0 Å². The zero-order chi connectivity index (χ0) is 21.6. The lowest BCUT2D eigenvalue weighted by atomic mass is 10.0. The predicted molar refractivity (Wildman–Crippen MR) is 118 cm³/mol. The molecule has 3 atom stereocenters. The first kappa shape index (κ1) is 25.2. The molecular weight excluding hydrogens is 408 g/mol. The predicted octanol–water partition coefficient (Wildman–Crippen LogP) is 0.569. The van der Waals surface area contributed by atoms with Crippen molar-refractivity contribution in [1.29, 1.82) is 0 Å². The van der Waals surface area contributed by atoms with Gasteiger partial charge in [-0.2, -0.15) is 11.8 Å². The number of nitrogens with zero attached hydrogens (tertiary/aromatic N) is 1. The molecule has 2 heterocycles. The molecule has 2 rings (SSSR count). The highest BCUT2D eigenvalue weighted by Crippen LogP contribution is 2.37. The summed E-state index contributed by atoms with van der Waals surface area (Å²) in [7, 11) is 0. The minimum Gasteiger partial charge on any atom is -0.378 e. The van der Waals surface area contributed by atoms with Gasteiger partial charge in [-0.25, -0.2) is 4.79 Å². The molecular formula is C20H38N4O5S. The van der Waals surface area contributed by atoms with Crippen LogP contribution in [0.25, 0.3) is 0 Å². The quantitative estimate of drug-likeness (QED) is 0.221. The van der Waals surface area contributed by atoms with Crippen molar-refractivity contribution in [2.24, 2.45) is 5.73 Å². The molecule has 0 aromatic heterocycles. The maximum Gasteiger partial charge on any atom is 0.318 e. The third-order valence-electron chi connectivity index (χ3n) is 5.27. The summed E-state index contributed by atoms with van der Waals surface area (Å²) in [4.78, 5) is 25.9. The van der Waals surface area contributed by atoms with Crippen molar-refractivity contribution in [1.82, 2.24) is 15.5 Å². The van der Waals surface area contributed by atoms with Gasteiger partial charge in [0.2, 0.25) is 5.91 Å². The van der Waals surface area contributed by atoms with E-state index in [1.807, 2.05) is 23.6 Å². The highest BCUT2D eigenvalue weighted by molar-refractivity contribution is 8.00. The van der Waals surface area contributed by atoms with Gasteiger partial charge in [0, 0.05) is 37.1 Å². The lowest BCUT2D eigenvalue weighted by molar-refractivity contribution is -0.121. The zero-order valence-corrected chi connectivity index (χ0v) is 18.9. The van der Waals surface area contributed by atoms with Gasteiger partial charge in [-0.1, -0.05) is 6.42 Å². The van der Waals surface area contributed by atoms with Crippen LogP contribution in [-0.4, -0.2) is 99.2 Å². The molecule has 0 saturated carbocycles. The van der Waals surface area contributed by atoms with Gasteiger partial charge in [0.1, 0.15) is 0 Å². The second kappa shape index (κ2) is 14.9. The van der Waals surface area contributed by atoms with Crippen molar-refractivity contribution in [2.75, 3.05) is 65.0 Å². The molecule has 2 saturated heterocycles. The Morgan fingerprint density at radius 3 is 2.57 bits per heavy atom.